The van der Waals surface area contributed by atoms with Gasteiger partial charge in [-0.2, -0.15) is 0 Å². The van der Waals surface area contributed by atoms with Gasteiger partial charge in [-0.1, -0.05) is 48.0 Å². The minimum atomic E-state index is -1.08. The van der Waals surface area contributed by atoms with Crippen LogP contribution in [0.1, 0.15) is 32.5 Å². The van der Waals surface area contributed by atoms with Gasteiger partial charge in [-0.15, -0.1) is 11.3 Å². The molecule has 0 aliphatic heterocycles. The fourth-order valence-electron chi connectivity index (χ4n) is 2.47. The van der Waals surface area contributed by atoms with Gasteiger partial charge in [-0.3, -0.25) is 9.59 Å². The Morgan fingerprint density at radius 1 is 0.964 bits per heavy atom. The number of ketones is 1. The van der Waals surface area contributed by atoms with Crippen LogP contribution >= 0.6 is 22.9 Å². The first-order chi connectivity index (χ1) is 13.5. The second kappa shape index (κ2) is 8.82. The van der Waals surface area contributed by atoms with Gasteiger partial charge in [0.15, 0.2) is 6.10 Å². The Morgan fingerprint density at radius 3 is 2.32 bits per heavy atom. The molecule has 142 valence electrons. The second-order valence-electron chi connectivity index (χ2n) is 5.87. The van der Waals surface area contributed by atoms with Crippen molar-refractivity contribution in [1.82, 2.24) is 0 Å². The highest BCUT2D eigenvalue weighted by molar-refractivity contribution is 7.12. The molecule has 0 aliphatic rings. The first-order valence-electron chi connectivity index (χ1n) is 8.41. The lowest BCUT2D eigenvalue weighted by atomic mass is 10.0. The zero-order chi connectivity index (χ0) is 20.1. The Bertz CT molecular complexity index is 1020. The number of amides is 1. The van der Waals surface area contributed by atoms with Crippen LogP contribution in [0.5, 0.6) is 0 Å². The summed E-state index contributed by atoms with van der Waals surface area (Å²) in [5.74, 6) is -1.54. The van der Waals surface area contributed by atoms with Crippen LogP contribution in [0.2, 0.25) is 5.02 Å². The molecule has 0 saturated heterocycles. The van der Waals surface area contributed by atoms with Crippen molar-refractivity contribution in [3.63, 3.8) is 0 Å². The van der Waals surface area contributed by atoms with Gasteiger partial charge in [0, 0.05) is 5.56 Å². The van der Waals surface area contributed by atoms with Gasteiger partial charge in [0.2, 0.25) is 5.78 Å². The number of esters is 1. The monoisotopic (exact) mass is 413 g/mol. The molecule has 0 fully saturated rings. The van der Waals surface area contributed by atoms with Crippen molar-refractivity contribution in [2.45, 2.75) is 13.0 Å². The number of para-hydroxylation sites is 1. The molecule has 1 N–H and O–H groups in total. The average Bonchev–Trinajstić information content (AvgIpc) is 3.24. The zero-order valence-corrected chi connectivity index (χ0v) is 16.4. The van der Waals surface area contributed by atoms with Gasteiger partial charge in [-0.25, -0.2) is 4.79 Å². The summed E-state index contributed by atoms with van der Waals surface area (Å²) in [4.78, 5) is 38.1. The van der Waals surface area contributed by atoms with Crippen LogP contribution in [0.25, 0.3) is 0 Å². The van der Waals surface area contributed by atoms with Crippen LogP contribution in [-0.4, -0.2) is 23.8 Å². The van der Waals surface area contributed by atoms with Crippen LogP contribution in [0.15, 0.2) is 66.0 Å². The minimum Gasteiger partial charge on any atom is -0.449 e. The Labute approximate surface area is 170 Å². The Hall–Kier alpha value is -2.96. The SMILES string of the molecule is C[C@@H](OC(=O)c1ccccc1C(=O)c1cccs1)C(=O)Nc1ccccc1Cl. The molecular weight excluding hydrogens is 398 g/mol. The molecule has 0 spiro atoms. The quantitative estimate of drug-likeness (QED) is 0.464. The van der Waals surface area contributed by atoms with E-state index in [9.17, 15) is 14.4 Å². The predicted molar refractivity (Wildman–Crippen MR) is 109 cm³/mol. The van der Waals surface area contributed by atoms with E-state index < -0.39 is 18.0 Å². The number of halogens is 1. The molecule has 0 unspecified atom stereocenters. The maximum Gasteiger partial charge on any atom is 0.339 e. The van der Waals surface area contributed by atoms with Crippen LogP contribution in [-0.2, 0) is 9.53 Å². The number of rotatable bonds is 6. The van der Waals surface area contributed by atoms with Crippen molar-refractivity contribution in [2.24, 2.45) is 0 Å². The minimum absolute atomic E-state index is 0.110. The van der Waals surface area contributed by atoms with Crippen LogP contribution in [0.4, 0.5) is 5.69 Å². The molecule has 28 heavy (non-hydrogen) atoms. The van der Waals surface area contributed by atoms with E-state index in [0.29, 0.717) is 15.6 Å². The lowest BCUT2D eigenvalue weighted by Gasteiger charge is -2.15. The largest absolute Gasteiger partial charge is 0.449 e. The highest BCUT2D eigenvalue weighted by Gasteiger charge is 2.24. The standard InChI is InChI=1S/C21H16ClNO4S/c1-13(20(25)23-17-10-5-4-9-16(17)22)27-21(26)15-8-3-2-7-14(15)19(24)18-11-6-12-28-18/h2-13H,1H3,(H,23,25)/t13-/m1/s1. The molecule has 5 nitrogen and oxygen atoms in total. The van der Waals surface area contributed by atoms with Gasteiger partial charge in [-0.05, 0) is 36.6 Å². The van der Waals surface area contributed by atoms with Crippen molar-refractivity contribution in [1.29, 1.82) is 0 Å². The third kappa shape index (κ3) is 4.47. The fourth-order valence-corrected chi connectivity index (χ4v) is 3.33. The van der Waals surface area contributed by atoms with E-state index in [2.05, 4.69) is 5.32 Å². The average molecular weight is 414 g/mol. The lowest BCUT2D eigenvalue weighted by molar-refractivity contribution is -0.123. The zero-order valence-electron chi connectivity index (χ0n) is 14.8. The molecular formula is C21H16ClNO4S. The molecule has 3 rings (SSSR count). The molecule has 0 saturated carbocycles. The summed E-state index contributed by atoms with van der Waals surface area (Å²) in [6.07, 6.45) is -1.08. The highest BCUT2D eigenvalue weighted by Crippen LogP contribution is 2.22. The summed E-state index contributed by atoms with van der Waals surface area (Å²) in [6.45, 7) is 1.45. The van der Waals surface area contributed by atoms with Gasteiger partial charge < -0.3 is 10.1 Å². The van der Waals surface area contributed by atoms with Gasteiger partial charge >= 0.3 is 5.97 Å². The van der Waals surface area contributed by atoms with E-state index in [0.717, 1.165) is 0 Å². The number of benzene rings is 2. The van der Waals surface area contributed by atoms with Gasteiger partial charge in [0.1, 0.15) is 0 Å². The van der Waals surface area contributed by atoms with Gasteiger partial charge in [0.25, 0.3) is 5.91 Å². The molecule has 1 atom stereocenters. The molecule has 0 radical (unpaired) electrons. The Kier molecular flexibility index (Phi) is 6.23. The van der Waals surface area contributed by atoms with Crippen molar-refractivity contribution in [3.05, 3.63) is 87.1 Å². The number of carbonyl (C=O) groups is 3. The van der Waals surface area contributed by atoms with Gasteiger partial charge in [0.05, 0.1) is 21.2 Å². The van der Waals surface area contributed by atoms with Crippen molar-refractivity contribution in [2.75, 3.05) is 5.32 Å². The molecule has 1 heterocycles. The van der Waals surface area contributed by atoms with E-state index in [1.165, 1.54) is 24.3 Å². The van der Waals surface area contributed by atoms with Crippen LogP contribution in [0, 0.1) is 0 Å². The van der Waals surface area contributed by atoms with Crippen LogP contribution in [0.3, 0.4) is 0 Å². The van der Waals surface area contributed by atoms with E-state index in [1.54, 1.807) is 60.0 Å². The molecule has 0 bridgehead atoms. The van der Waals surface area contributed by atoms with E-state index >= 15 is 0 Å². The Morgan fingerprint density at radius 2 is 1.64 bits per heavy atom. The molecule has 2 aromatic carbocycles. The normalized spacial score (nSPS) is 11.5. The molecule has 1 aromatic heterocycles. The first-order valence-corrected chi connectivity index (χ1v) is 9.66. The third-order valence-corrected chi connectivity index (χ3v) is 5.12. The lowest BCUT2D eigenvalue weighted by Crippen LogP contribution is -2.30. The summed E-state index contributed by atoms with van der Waals surface area (Å²) in [5, 5.41) is 4.78. The summed E-state index contributed by atoms with van der Waals surface area (Å²) < 4.78 is 5.28. The highest BCUT2D eigenvalue weighted by atomic mass is 35.5. The summed E-state index contributed by atoms with van der Waals surface area (Å²) in [6, 6.07) is 16.6. The summed E-state index contributed by atoms with van der Waals surface area (Å²) in [5.41, 5.74) is 0.761. The number of carbonyl (C=O) groups excluding carboxylic acids is 3. The predicted octanol–water partition coefficient (Wildman–Crippen LogP) is 4.82. The number of thiophene rings is 1. The van der Waals surface area contributed by atoms with Crippen molar-refractivity contribution < 1.29 is 19.1 Å². The number of hydrogen-bond acceptors (Lipinski definition) is 5. The summed E-state index contributed by atoms with van der Waals surface area (Å²) >= 11 is 7.31. The molecule has 3 aromatic rings. The molecule has 0 aliphatic carbocycles. The van der Waals surface area contributed by atoms with E-state index in [-0.39, 0.29) is 16.9 Å². The number of nitrogens with one attached hydrogen (secondary N) is 1. The maximum atomic E-state index is 12.6. The fraction of sp³-hybridized carbons (Fsp3) is 0.0952. The first kappa shape index (κ1) is 19.8. The van der Waals surface area contributed by atoms with Crippen LogP contribution < -0.4 is 5.32 Å². The number of hydrogen-bond donors (Lipinski definition) is 1. The third-order valence-electron chi connectivity index (χ3n) is 3.92. The van der Waals surface area contributed by atoms with E-state index in [4.69, 9.17) is 16.3 Å². The smallest absolute Gasteiger partial charge is 0.339 e. The summed E-state index contributed by atoms with van der Waals surface area (Å²) in [7, 11) is 0. The van der Waals surface area contributed by atoms with Crippen molar-refractivity contribution in [3.8, 4) is 0 Å². The van der Waals surface area contributed by atoms with E-state index in [1.807, 2.05) is 0 Å². The molecule has 1 amide bonds. The topological polar surface area (TPSA) is 72.5 Å². The molecule has 7 heteroatoms. The Balaban J connectivity index is 1.73. The van der Waals surface area contributed by atoms with Crippen molar-refractivity contribution >= 4 is 46.3 Å². The second-order valence-corrected chi connectivity index (χ2v) is 7.22. The maximum absolute atomic E-state index is 12.6. The number of ether oxygens (including phenoxy) is 1. The number of anilines is 1.